The molecule has 2 nitrogen and oxygen atoms in total. The molecular formula is C15H22O2Si. The van der Waals surface area contributed by atoms with Crippen molar-refractivity contribution < 1.29 is 13.6 Å². The summed E-state index contributed by atoms with van der Waals surface area (Å²) in [6, 6.07) is 9.50. The van der Waals surface area contributed by atoms with Crippen LogP contribution in [0.5, 0.6) is 0 Å². The Labute approximate surface area is 115 Å². The zero-order valence-electron chi connectivity index (χ0n) is 14.2. The lowest BCUT2D eigenvalue weighted by Crippen LogP contribution is -2.49. The maximum absolute atomic E-state index is 11.8. The van der Waals surface area contributed by atoms with Crippen LogP contribution in [0.1, 0.15) is 29.4 Å². The van der Waals surface area contributed by atoms with Crippen molar-refractivity contribution in [3.05, 3.63) is 35.9 Å². The Balaban J connectivity index is 2.25. The Kier molecular flexibility index (Phi) is 2.47. The van der Waals surface area contributed by atoms with Crippen LogP contribution in [0.15, 0.2) is 30.3 Å². The first-order chi connectivity index (χ1) is 9.55. The summed E-state index contributed by atoms with van der Waals surface area (Å²) in [5.41, 5.74) is 0.691. The van der Waals surface area contributed by atoms with Crippen molar-refractivity contribution in [1.29, 1.82) is 0 Å². The quantitative estimate of drug-likeness (QED) is 0.611. The molecule has 1 saturated carbocycles. The van der Waals surface area contributed by atoms with Crippen LogP contribution in [0.3, 0.4) is 0 Å². The standard InChI is InChI=1S/C15H22O2Si/c1-12(16)17-15(13-8-6-5-7-9-13)10-14(11-15)18(2,3)4/h5-9,14H,10-11H2,1-4H3/i1D3. The van der Waals surface area contributed by atoms with Gasteiger partial charge in [0.05, 0.1) is 0 Å². The van der Waals surface area contributed by atoms with E-state index in [9.17, 15) is 4.79 Å². The lowest BCUT2D eigenvalue weighted by Gasteiger charge is -2.51. The largest absolute Gasteiger partial charge is 0.454 e. The number of hydrogen-bond acceptors (Lipinski definition) is 2. The molecule has 1 aromatic rings. The minimum absolute atomic E-state index is 0.544. The van der Waals surface area contributed by atoms with Crippen molar-refractivity contribution in [1.82, 2.24) is 0 Å². The predicted molar refractivity (Wildman–Crippen MR) is 76.2 cm³/mol. The molecule has 1 fully saturated rings. The van der Waals surface area contributed by atoms with Gasteiger partial charge in [-0.2, -0.15) is 0 Å². The summed E-state index contributed by atoms with van der Waals surface area (Å²) in [5, 5.41) is 0. The molecule has 0 atom stereocenters. The number of esters is 1. The van der Waals surface area contributed by atoms with Crippen LogP contribution in [-0.2, 0) is 15.1 Å². The molecule has 3 heteroatoms. The van der Waals surface area contributed by atoms with Crippen molar-refractivity contribution in [2.45, 2.75) is 50.5 Å². The van der Waals surface area contributed by atoms with Crippen LogP contribution in [0.2, 0.25) is 25.2 Å². The van der Waals surface area contributed by atoms with Gasteiger partial charge in [-0.1, -0.05) is 50.0 Å². The van der Waals surface area contributed by atoms with Crippen molar-refractivity contribution in [2.75, 3.05) is 0 Å². The molecule has 0 unspecified atom stereocenters. The van der Waals surface area contributed by atoms with Gasteiger partial charge in [-0.3, -0.25) is 4.79 Å². The highest BCUT2D eigenvalue weighted by atomic mass is 28.3. The molecule has 0 saturated heterocycles. The maximum Gasteiger partial charge on any atom is 0.303 e. The van der Waals surface area contributed by atoms with Gasteiger partial charge in [0, 0.05) is 19.0 Å². The van der Waals surface area contributed by atoms with E-state index in [1.54, 1.807) is 0 Å². The van der Waals surface area contributed by atoms with Gasteiger partial charge in [-0.05, 0) is 23.9 Å². The highest BCUT2D eigenvalue weighted by Gasteiger charge is 2.52. The number of rotatable bonds is 3. The molecule has 0 radical (unpaired) electrons. The summed E-state index contributed by atoms with van der Waals surface area (Å²) in [4.78, 5) is 11.8. The molecule has 1 aliphatic carbocycles. The summed E-state index contributed by atoms with van der Waals surface area (Å²) in [6.07, 6.45) is 1.46. The van der Waals surface area contributed by atoms with Gasteiger partial charge >= 0.3 is 5.97 Å². The minimum atomic E-state index is -2.70. The Morgan fingerprint density at radius 2 is 1.94 bits per heavy atom. The highest BCUT2D eigenvalue weighted by Crippen LogP contribution is 2.55. The number of hydrogen-bond donors (Lipinski definition) is 0. The van der Waals surface area contributed by atoms with Gasteiger partial charge in [0.2, 0.25) is 0 Å². The van der Waals surface area contributed by atoms with E-state index < -0.39 is 26.5 Å². The Morgan fingerprint density at radius 1 is 1.33 bits per heavy atom. The zero-order valence-corrected chi connectivity index (χ0v) is 12.2. The number of carbonyl (C=O) groups is 1. The first kappa shape index (κ1) is 9.79. The van der Waals surface area contributed by atoms with E-state index in [2.05, 4.69) is 19.6 Å². The monoisotopic (exact) mass is 265 g/mol. The molecule has 0 N–H and O–H groups in total. The smallest absolute Gasteiger partial charge is 0.303 e. The summed E-state index contributed by atoms with van der Waals surface area (Å²) in [5.74, 6) is -1.10. The Bertz CT molecular complexity index is 514. The van der Waals surface area contributed by atoms with Crippen LogP contribution in [0.25, 0.3) is 0 Å². The highest BCUT2D eigenvalue weighted by molar-refractivity contribution is 6.77. The molecular weight excluding hydrogens is 240 g/mol. The minimum Gasteiger partial charge on any atom is -0.454 e. The summed E-state index contributed by atoms with van der Waals surface area (Å²) in [6.45, 7) is 4.17. The van der Waals surface area contributed by atoms with Gasteiger partial charge in [0.25, 0.3) is 0 Å². The zero-order chi connectivity index (χ0) is 15.9. The first-order valence-corrected chi connectivity index (χ1v) is 9.91. The molecule has 0 spiro atoms. The second-order valence-electron chi connectivity index (χ2n) is 6.22. The molecule has 0 aromatic heterocycles. The van der Waals surface area contributed by atoms with Gasteiger partial charge < -0.3 is 4.74 Å². The van der Waals surface area contributed by atoms with E-state index in [1.165, 1.54) is 0 Å². The molecule has 98 valence electrons. The Morgan fingerprint density at radius 3 is 2.44 bits per heavy atom. The molecule has 0 amide bonds. The van der Waals surface area contributed by atoms with Gasteiger partial charge in [-0.25, -0.2) is 0 Å². The van der Waals surface area contributed by atoms with Crippen LogP contribution < -0.4 is 0 Å². The lowest BCUT2D eigenvalue weighted by molar-refractivity contribution is -0.169. The van der Waals surface area contributed by atoms with Crippen LogP contribution in [0.4, 0.5) is 0 Å². The van der Waals surface area contributed by atoms with E-state index in [-0.39, 0.29) is 0 Å². The van der Waals surface area contributed by atoms with Crippen molar-refractivity contribution in [3.63, 3.8) is 0 Å². The topological polar surface area (TPSA) is 26.3 Å². The maximum atomic E-state index is 11.8. The third kappa shape index (κ3) is 2.51. The van der Waals surface area contributed by atoms with E-state index in [0.29, 0.717) is 5.54 Å². The van der Waals surface area contributed by atoms with Crippen LogP contribution >= 0.6 is 0 Å². The summed E-state index contributed by atoms with van der Waals surface area (Å²) in [7, 11) is -1.32. The van der Waals surface area contributed by atoms with Gasteiger partial charge in [0.15, 0.2) is 0 Å². The number of ether oxygens (including phenoxy) is 1. The molecule has 0 bridgehead atoms. The number of carbonyl (C=O) groups excluding carboxylic acids is 1. The first-order valence-electron chi connectivity index (χ1n) is 7.84. The van der Waals surface area contributed by atoms with Crippen molar-refractivity contribution in [2.24, 2.45) is 0 Å². The van der Waals surface area contributed by atoms with Crippen LogP contribution in [-0.4, -0.2) is 14.0 Å². The van der Waals surface area contributed by atoms with Crippen LogP contribution in [0, 0.1) is 0 Å². The summed E-state index contributed by atoms with van der Waals surface area (Å²) < 4.78 is 27.1. The fourth-order valence-electron chi connectivity index (χ4n) is 2.65. The SMILES string of the molecule is [2H]C([2H])([2H])C(=O)OC1(c2ccccc2)CC([Si](C)(C)C)C1. The second kappa shape index (κ2) is 4.54. The summed E-state index contributed by atoms with van der Waals surface area (Å²) >= 11 is 0. The molecule has 18 heavy (non-hydrogen) atoms. The molecule has 0 heterocycles. The van der Waals surface area contributed by atoms with E-state index in [1.807, 2.05) is 30.3 Å². The molecule has 1 aliphatic rings. The van der Waals surface area contributed by atoms with E-state index >= 15 is 0 Å². The van der Waals surface area contributed by atoms with E-state index in [0.717, 1.165) is 18.4 Å². The Hall–Kier alpha value is -1.09. The van der Waals surface area contributed by atoms with Gasteiger partial charge in [-0.15, -0.1) is 0 Å². The van der Waals surface area contributed by atoms with Crippen molar-refractivity contribution >= 4 is 14.0 Å². The lowest BCUT2D eigenvalue weighted by atomic mass is 9.74. The number of benzene rings is 1. The van der Waals surface area contributed by atoms with Crippen molar-refractivity contribution in [3.8, 4) is 0 Å². The third-order valence-corrected chi connectivity index (χ3v) is 6.82. The fraction of sp³-hybridized carbons (Fsp3) is 0.533. The second-order valence-corrected chi connectivity index (χ2v) is 11.8. The fourth-order valence-corrected chi connectivity index (χ4v) is 4.53. The average Bonchev–Trinajstić information content (AvgIpc) is 2.31. The van der Waals surface area contributed by atoms with E-state index in [4.69, 9.17) is 8.85 Å². The third-order valence-electron chi connectivity index (χ3n) is 3.96. The predicted octanol–water partition coefficient (Wildman–Crippen LogP) is 3.95. The molecule has 1 aromatic carbocycles. The normalized spacial score (nSPS) is 30.6. The van der Waals surface area contributed by atoms with Gasteiger partial charge in [0.1, 0.15) is 5.60 Å². The molecule has 2 rings (SSSR count). The average molecular weight is 265 g/mol. The molecule has 0 aliphatic heterocycles.